The van der Waals surface area contributed by atoms with Crippen LogP contribution in [0.25, 0.3) is 0 Å². The fourth-order valence-corrected chi connectivity index (χ4v) is 13.4. The maximum absolute atomic E-state index is 14.1. The monoisotopic (exact) mass is 622 g/mol. The summed E-state index contributed by atoms with van der Waals surface area (Å²) < 4.78 is 13.8. The van der Waals surface area contributed by atoms with E-state index in [1.54, 1.807) is 17.8 Å². The average molecular weight is 623 g/mol. The molecule has 230 valence electrons. The highest BCUT2D eigenvalue weighted by Crippen LogP contribution is 2.45. The van der Waals surface area contributed by atoms with E-state index in [-0.39, 0.29) is 16.9 Å². The fourth-order valence-electron chi connectivity index (χ4n) is 5.58. The second-order valence-electron chi connectivity index (χ2n) is 14.0. The molecule has 0 heterocycles. The van der Waals surface area contributed by atoms with Crippen molar-refractivity contribution in [2.75, 3.05) is 0 Å². The first-order chi connectivity index (χ1) is 19.5. The lowest BCUT2D eigenvalue weighted by Gasteiger charge is -2.43. The molecule has 0 fully saturated rings. The third-order valence-electron chi connectivity index (χ3n) is 8.89. The summed E-state index contributed by atoms with van der Waals surface area (Å²) in [6.07, 6.45) is 7.64. The first-order valence-corrected chi connectivity index (χ1v) is 21.4. The van der Waals surface area contributed by atoms with Crippen LogP contribution >= 0.6 is 11.8 Å². The zero-order valence-electron chi connectivity index (χ0n) is 28.2. The standard InChI is InChI=1S/C36H54O3SSi2/c1-28(2)42(29(3)4,30(5)6)38-34(37)31-22-18-15-13-14-16-21-27-36(10,39-41(11,12)35(7,8)9)33(26-25-31)40-32-23-19-17-20-24-32/h14,16-17,19-20,23-24,26,28-31H,18,22,25H2,1-12H3/b16-14-,33-26-. The molecule has 2 rings (SSSR count). The largest absolute Gasteiger partial charge is 0.518 e. The molecule has 3 nitrogen and oxygen atoms in total. The molecule has 42 heavy (non-hydrogen) atoms. The summed E-state index contributed by atoms with van der Waals surface area (Å²) >= 11 is 1.68. The predicted octanol–water partition coefficient (Wildman–Crippen LogP) is 10.5. The number of hydrogen-bond donors (Lipinski definition) is 0. The molecule has 0 saturated carbocycles. The van der Waals surface area contributed by atoms with Gasteiger partial charge in [-0.15, -0.1) is 0 Å². The van der Waals surface area contributed by atoms with Crippen LogP contribution in [0.2, 0.25) is 34.8 Å². The highest BCUT2D eigenvalue weighted by Gasteiger charge is 2.49. The molecule has 0 saturated heterocycles. The van der Waals surface area contributed by atoms with Crippen LogP contribution in [0, 0.1) is 29.6 Å². The van der Waals surface area contributed by atoms with Gasteiger partial charge in [-0.05, 0) is 78.8 Å². The quantitative estimate of drug-likeness (QED) is 0.203. The van der Waals surface area contributed by atoms with Crippen LogP contribution in [0.15, 0.2) is 58.4 Å². The normalized spacial score (nSPS) is 22.5. The highest BCUT2D eigenvalue weighted by molar-refractivity contribution is 8.03. The van der Waals surface area contributed by atoms with Crippen molar-refractivity contribution >= 4 is 34.4 Å². The van der Waals surface area contributed by atoms with Gasteiger partial charge in [0.25, 0.3) is 14.3 Å². The van der Waals surface area contributed by atoms with Crippen molar-refractivity contribution in [3.8, 4) is 23.7 Å². The van der Waals surface area contributed by atoms with Crippen LogP contribution in [-0.4, -0.2) is 28.2 Å². The second kappa shape index (κ2) is 15.2. The minimum Gasteiger partial charge on any atom is -0.518 e. The van der Waals surface area contributed by atoms with Gasteiger partial charge in [0.05, 0.1) is 5.92 Å². The zero-order valence-corrected chi connectivity index (χ0v) is 31.0. The Hall–Kier alpha value is -1.97. The van der Waals surface area contributed by atoms with Gasteiger partial charge < -0.3 is 8.85 Å². The zero-order chi connectivity index (χ0) is 31.8. The van der Waals surface area contributed by atoms with Gasteiger partial charge in [-0.2, -0.15) is 0 Å². The van der Waals surface area contributed by atoms with Crippen LogP contribution < -0.4 is 0 Å². The number of benzene rings is 1. The molecular weight excluding hydrogens is 569 g/mol. The van der Waals surface area contributed by atoms with Crippen molar-refractivity contribution < 1.29 is 13.6 Å². The Labute approximate surface area is 264 Å². The molecule has 2 unspecified atom stereocenters. The molecule has 1 aliphatic carbocycles. The molecule has 1 aromatic carbocycles. The third kappa shape index (κ3) is 9.27. The van der Waals surface area contributed by atoms with E-state index in [0.29, 0.717) is 35.9 Å². The fraction of sp³-hybridized carbons (Fsp3) is 0.583. The van der Waals surface area contributed by atoms with E-state index in [2.05, 4.69) is 124 Å². The molecule has 1 aliphatic rings. The summed E-state index contributed by atoms with van der Waals surface area (Å²) in [4.78, 5) is 16.2. The van der Waals surface area contributed by atoms with E-state index in [9.17, 15) is 4.79 Å². The Kier molecular flexibility index (Phi) is 13.1. The summed E-state index contributed by atoms with van der Waals surface area (Å²) in [6, 6.07) is 10.3. The Morgan fingerprint density at radius 3 is 2.10 bits per heavy atom. The third-order valence-corrected chi connectivity index (χ3v) is 20.7. The van der Waals surface area contributed by atoms with Crippen molar-refractivity contribution in [1.29, 1.82) is 0 Å². The topological polar surface area (TPSA) is 35.5 Å². The molecule has 0 amide bonds. The first-order valence-electron chi connectivity index (χ1n) is 15.5. The molecule has 0 bridgehead atoms. The molecule has 0 aliphatic heterocycles. The van der Waals surface area contributed by atoms with Crippen molar-refractivity contribution in [3.05, 3.63) is 53.5 Å². The molecule has 0 N–H and O–H groups in total. The maximum atomic E-state index is 14.1. The van der Waals surface area contributed by atoms with Gasteiger partial charge in [0.15, 0.2) is 8.32 Å². The number of hydrogen-bond acceptors (Lipinski definition) is 4. The van der Waals surface area contributed by atoms with E-state index in [4.69, 9.17) is 8.85 Å². The lowest BCUT2D eigenvalue weighted by molar-refractivity contribution is -0.140. The van der Waals surface area contributed by atoms with Crippen LogP contribution in [0.3, 0.4) is 0 Å². The van der Waals surface area contributed by atoms with Gasteiger partial charge in [-0.25, -0.2) is 0 Å². The molecular formula is C36H54O3SSi2. The van der Waals surface area contributed by atoms with Crippen molar-refractivity contribution in [1.82, 2.24) is 0 Å². The van der Waals surface area contributed by atoms with Gasteiger partial charge in [-0.1, -0.05) is 122 Å². The molecule has 0 spiro atoms. The Bertz CT molecular complexity index is 1210. The van der Waals surface area contributed by atoms with Crippen LogP contribution in [0.5, 0.6) is 0 Å². The lowest BCUT2D eigenvalue weighted by Crippen LogP contribution is -2.50. The van der Waals surface area contributed by atoms with Crippen molar-refractivity contribution in [2.45, 2.75) is 134 Å². The minimum atomic E-state index is -2.38. The molecule has 6 heteroatoms. The van der Waals surface area contributed by atoms with E-state index < -0.39 is 22.2 Å². The van der Waals surface area contributed by atoms with Gasteiger partial charge in [0.2, 0.25) is 0 Å². The van der Waals surface area contributed by atoms with E-state index in [1.807, 2.05) is 24.3 Å². The molecule has 0 aromatic heterocycles. The Balaban J connectivity index is 2.66. The van der Waals surface area contributed by atoms with Crippen LogP contribution in [0.1, 0.15) is 88.5 Å². The second-order valence-corrected chi connectivity index (χ2v) is 25.2. The predicted molar refractivity (Wildman–Crippen MR) is 186 cm³/mol. The van der Waals surface area contributed by atoms with Crippen molar-refractivity contribution in [2.24, 2.45) is 5.92 Å². The number of allylic oxidation sites excluding steroid dienone is 3. The number of rotatable bonds is 9. The number of carbonyl (C=O) groups is 1. The molecule has 1 aromatic rings. The highest BCUT2D eigenvalue weighted by atomic mass is 32.2. The summed E-state index contributed by atoms with van der Waals surface area (Å²) in [7, 11) is -4.60. The SMILES string of the molecule is CC(C)[Si](OC(=O)C1C/C=C(\Sc2ccccc2)C(C)(O[Si](C)(C)C(C)(C)C)C#C/C=C\C#CCC1)(C(C)C)C(C)C. The molecule has 0 radical (unpaired) electrons. The summed E-state index contributed by atoms with van der Waals surface area (Å²) in [5.41, 5.74) is 0.142. The van der Waals surface area contributed by atoms with Gasteiger partial charge in [0, 0.05) is 16.2 Å². The van der Waals surface area contributed by atoms with Crippen molar-refractivity contribution in [3.63, 3.8) is 0 Å². The molecule has 2 atom stereocenters. The van der Waals surface area contributed by atoms with E-state index in [1.165, 1.54) is 0 Å². The van der Waals surface area contributed by atoms with E-state index >= 15 is 0 Å². The van der Waals surface area contributed by atoms with Crippen LogP contribution in [-0.2, 0) is 13.6 Å². The van der Waals surface area contributed by atoms with Gasteiger partial charge >= 0.3 is 0 Å². The van der Waals surface area contributed by atoms with Gasteiger partial charge in [-0.3, -0.25) is 4.79 Å². The number of carbonyl (C=O) groups excluding carboxylic acids is 1. The Morgan fingerprint density at radius 2 is 1.55 bits per heavy atom. The Morgan fingerprint density at radius 1 is 0.976 bits per heavy atom. The van der Waals surface area contributed by atoms with Crippen LogP contribution in [0.4, 0.5) is 0 Å². The maximum Gasteiger partial charge on any atom is 0.296 e. The summed E-state index contributed by atoms with van der Waals surface area (Å²) in [5, 5.41) is 0.00747. The first kappa shape index (κ1) is 36.2. The smallest absolute Gasteiger partial charge is 0.296 e. The summed E-state index contributed by atoms with van der Waals surface area (Å²) in [6.45, 7) is 26.7. The minimum absolute atomic E-state index is 0.00747. The average Bonchev–Trinajstić information content (AvgIpc) is 2.89. The lowest BCUT2D eigenvalue weighted by atomic mass is 9.97. The van der Waals surface area contributed by atoms with E-state index in [0.717, 1.165) is 9.80 Å². The number of thioether (sulfide) groups is 1. The summed E-state index contributed by atoms with van der Waals surface area (Å²) in [5.74, 6) is 12.7. The van der Waals surface area contributed by atoms with Gasteiger partial charge in [0.1, 0.15) is 5.60 Å².